The average molecular weight is 297 g/mol. The van der Waals surface area contributed by atoms with E-state index in [0.717, 1.165) is 24.6 Å². The number of carbonyl (C=O) groups is 3. The Balaban J connectivity index is 2.56. The van der Waals surface area contributed by atoms with Crippen LogP contribution in [0.1, 0.15) is 23.7 Å². The fraction of sp³-hybridized carbons (Fsp3) is 0.308. The molecule has 0 aromatic heterocycles. The van der Waals surface area contributed by atoms with Crippen molar-refractivity contribution >= 4 is 23.6 Å². The van der Waals surface area contributed by atoms with Crippen LogP contribution in [-0.4, -0.2) is 36.1 Å². The van der Waals surface area contributed by atoms with Crippen molar-refractivity contribution in [3.8, 4) is 0 Å². The number of hydrogen-bond donors (Lipinski definition) is 4. The number of aromatic carboxylic acids is 1. The van der Waals surface area contributed by atoms with Crippen molar-refractivity contribution in [2.24, 2.45) is 0 Å². The number of nitrogens with one attached hydrogen (secondary N) is 3. The van der Waals surface area contributed by atoms with Crippen molar-refractivity contribution in [2.45, 2.75) is 13.3 Å². The SMILES string of the molecule is CCCNC(=O)CNC(=O)Nc1cc(C(=O)O)ccc1F. The number of rotatable bonds is 6. The second kappa shape index (κ2) is 7.83. The molecule has 0 aliphatic rings. The summed E-state index contributed by atoms with van der Waals surface area (Å²) in [5, 5.41) is 15.7. The Labute approximate surface area is 120 Å². The van der Waals surface area contributed by atoms with Crippen LogP contribution in [0.25, 0.3) is 0 Å². The number of carboxylic acids is 1. The summed E-state index contributed by atoms with van der Waals surface area (Å²) in [7, 11) is 0. The van der Waals surface area contributed by atoms with Crippen molar-refractivity contribution in [1.82, 2.24) is 10.6 Å². The molecule has 114 valence electrons. The normalized spacial score (nSPS) is 9.81. The van der Waals surface area contributed by atoms with Crippen LogP contribution in [0.3, 0.4) is 0 Å². The van der Waals surface area contributed by atoms with E-state index in [9.17, 15) is 18.8 Å². The standard InChI is InChI=1S/C13H16FN3O4/c1-2-5-15-11(18)7-16-13(21)17-10-6-8(12(19)20)3-4-9(10)14/h3-4,6H,2,5,7H2,1H3,(H,15,18)(H,19,20)(H2,16,17,21). The maximum Gasteiger partial charge on any atom is 0.335 e. The molecule has 0 fully saturated rings. The molecule has 0 saturated heterocycles. The van der Waals surface area contributed by atoms with Crippen LogP contribution in [0.5, 0.6) is 0 Å². The van der Waals surface area contributed by atoms with E-state index >= 15 is 0 Å². The lowest BCUT2D eigenvalue weighted by Gasteiger charge is -2.09. The zero-order valence-electron chi connectivity index (χ0n) is 11.4. The highest BCUT2D eigenvalue weighted by Gasteiger charge is 2.11. The van der Waals surface area contributed by atoms with Gasteiger partial charge in [0.15, 0.2) is 0 Å². The van der Waals surface area contributed by atoms with Crippen molar-refractivity contribution in [2.75, 3.05) is 18.4 Å². The van der Waals surface area contributed by atoms with Gasteiger partial charge in [0.25, 0.3) is 0 Å². The van der Waals surface area contributed by atoms with Gasteiger partial charge in [0.2, 0.25) is 5.91 Å². The lowest BCUT2D eigenvalue weighted by molar-refractivity contribution is -0.120. The summed E-state index contributed by atoms with van der Waals surface area (Å²) >= 11 is 0. The maximum atomic E-state index is 13.4. The van der Waals surface area contributed by atoms with Gasteiger partial charge in [-0.15, -0.1) is 0 Å². The minimum absolute atomic E-state index is 0.160. The van der Waals surface area contributed by atoms with Crippen LogP contribution in [0.4, 0.5) is 14.9 Å². The predicted molar refractivity (Wildman–Crippen MR) is 73.7 cm³/mol. The summed E-state index contributed by atoms with van der Waals surface area (Å²) in [5.74, 6) is -2.38. The number of halogens is 1. The molecule has 3 amide bonds. The first kappa shape index (κ1) is 16.4. The molecule has 0 saturated carbocycles. The van der Waals surface area contributed by atoms with E-state index in [1.54, 1.807) is 0 Å². The number of benzene rings is 1. The van der Waals surface area contributed by atoms with Gasteiger partial charge in [-0.2, -0.15) is 0 Å². The van der Waals surface area contributed by atoms with Crippen molar-refractivity contribution in [3.05, 3.63) is 29.6 Å². The van der Waals surface area contributed by atoms with Gasteiger partial charge in [0.1, 0.15) is 5.82 Å². The molecule has 0 heterocycles. The highest BCUT2D eigenvalue weighted by Crippen LogP contribution is 2.16. The van der Waals surface area contributed by atoms with Gasteiger partial charge in [-0.1, -0.05) is 6.92 Å². The second-order valence-corrected chi connectivity index (χ2v) is 4.16. The van der Waals surface area contributed by atoms with Gasteiger partial charge in [-0.3, -0.25) is 4.79 Å². The molecular formula is C13H16FN3O4. The lowest BCUT2D eigenvalue weighted by Crippen LogP contribution is -2.39. The Morgan fingerprint density at radius 2 is 1.95 bits per heavy atom. The minimum Gasteiger partial charge on any atom is -0.478 e. The monoisotopic (exact) mass is 297 g/mol. The van der Waals surface area contributed by atoms with E-state index in [0.29, 0.717) is 6.54 Å². The summed E-state index contributed by atoms with van der Waals surface area (Å²) in [6.07, 6.45) is 0.769. The number of carbonyl (C=O) groups excluding carboxylic acids is 2. The van der Waals surface area contributed by atoms with Crippen LogP contribution in [0.15, 0.2) is 18.2 Å². The third-order valence-corrected chi connectivity index (χ3v) is 2.44. The zero-order valence-corrected chi connectivity index (χ0v) is 11.4. The van der Waals surface area contributed by atoms with Crippen LogP contribution < -0.4 is 16.0 Å². The van der Waals surface area contributed by atoms with Gasteiger partial charge < -0.3 is 21.1 Å². The highest BCUT2D eigenvalue weighted by molar-refractivity contribution is 5.94. The van der Waals surface area contributed by atoms with Crippen LogP contribution in [0, 0.1) is 5.82 Å². The number of urea groups is 1. The molecule has 0 aliphatic heterocycles. The third-order valence-electron chi connectivity index (χ3n) is 2.44. The molecule has 0 atom stereocenters. The molecule has 0 aliphatic carbocycles. The lowest BCUT2D eigenvalue weighted by atomic mass is 10.2. The van der Waals surface area contributed by atoms with E-state index in [1.807, 2.05) is 6.92 Å². The van der Waals surface area contributed by atoms with Gasteiger partial charge in [0, 0.05) is 6.54 Å². The number of hydrogen-bond acceptors (Lipinski definition) is 3. The van der Waals surface area contributed by atoms with Crippen molar-refractivity contribution in [3.63, 3.8) is 0 Å². The number of anilines is 1. The maximum absolute atomic E-state index is 13.4. The number of carboxylic acid groups (broad SMARTS) is 1. The second-order valence-electron chi connectivity index (χ2n) is 4.16. The summed E-state index contributed by atoms with van der Waals surface area (Å²) < 4.78 is 13.4. The predicted octanol–water partition coefficient (Wildman–Crippen LogP) is 1.17. The first-order valence-corrected chi connectivity index (χ1v) is 6.28. The third kappa shape index (κ3) is 5.47. The summed E-state index contributed by atoms with van der Waals surface area (Å²) in [5.41, 5.74) is -0.436. The average Bonchev–Trinajstić information content (AvgIpc) is 2.45. The largest absolute Gasteiger partial charge is 0.478 e. The Bertz CT molecular complexity index is 548. The first-order valence-electron chi connectivity index (χ1n) is 6.28. The van der Waals surface area contributed by atoms with Crippen LogP contribution >= 0.6 is 0 Å². The topological polar surface area (TPSA) is 108 Å². The molecule has 0 bridgehead atoms. The van der Waals surface area contributed by atoms with Crippen molar-refractivity contribution in [1.29, 1.82) is 0 Å². The van der Waals surface area contributed by atoms with Gasteiger partial charge in [-0.25, -0.2) is 14.0 Å². The summed E-state index contributed by atoms with van der Waals surface area (Å²) in [4.78, 5) is 33.5. The molecular weight excluding hydrogens is 281 g/mol. The van der Waals surface area contributed by atoms with Gasteiger partial charge >= 0.3 is 12.0 Å². The van der Waals surface area contributed by atoms with Crippen molar-refractivity contribution < 1.29 is 23.9 Å². The van der Waals surface area contributed by atoms with Crippen LogP contribution in [-0.2, 0) is 4.79 Å². The zero-order chi connectivity index (χ0) is 15.8. The smallest absolute Gasteiger partial charge is 0.335 e. The van der Waals surface area contributed by atoms with Gasteiger partial charge in [-0.05, 0) is 24.6 Å². The van der Waals surface area contributed by atoms with E-state index in [4.69, 9.17) is 5.11 Å². The molecule has 1 aromatic carbocycles. The highest BCUT2D eigenvalue weighted by atomic mass is 19.1. The summed E-state index contributed by atoms with van der Waals surface area (Å²) in [6.45, 7) is 2.13. The molecule has 7 nitrogen and oxygen atoms in total. The molecule has 4 N–H and O–H groups in total. The van der Waals surface area contributed by atoms with E-state index in [2.05, 4.69) is 16.0 Å². The van der Waals surface area contributed by atoms with E-state index in [1.165, 1.54) is 0 Å². The first-order chi connectivity index (χ1) is 9.93. The molecule has 0 radical (unpaired) electrons. The molecule has 8 heteroatoms. The fourth-order valence-corrected chi connectivity index (χ4v) is 1.41. The Morgan fingerprint density at radius 3 is 2.57 bits per heavy atom. The van der Waals surface area contributed by atoms with Gasteiger partial charge in [0.05, 0.1) is 17.8 Å². The van der Waals surface area contributed by atoms with E-state index < -0.39 is 17.8 Å². The molecule has 0 unspecified atom stereocenters. The van der Waals surface area contributed by atoms with Crippen LogP contribution in [0.2, 0.25) is 0 Å². The summed E-state index contributed by atoms with van der Waals surface area (Å²) in [6, 6.07) is 2.21. The molecule has 21 heavy (non-hydrogen) atoms. The molecule has 1 aromatic rings. The number of amides is 3. The molecule has 1 rings (SSSR count). The fourth-order valence-electron chi connectivity index (χ4n) is 1.41. The Morgan fingerprint density at radius 1 is 1.24 bits per heavy atom. The Hall–Kier alpha value is -2.64. The van der Waals surface area contributed by atoms with E-state index in [-0.39, 0.29) is 23.7 Å². The Kier molecular flexibility index (Phi) is 6.12. The minimum atomic E-state index is -1.24. The molecule has 0 spiro atoms. The quantitative estimate of drug-likeness (QED) is 0.632.